The molecule has 11 heteroatoms. The van der Waals surface area contributed by atoms with E-state index < -0.39 is 11.9 Å². The number of hydrogen-bond acceptors (Lipinski definition) is 8. The van der Waals surface area contributed by atoms with Crippen LogP contribution in [0, 0.1) is 6.92 Å². The number of nitrogen functional groups attached to an aromatic ring is 1. The van der Waals surface area contributed by atoms with E-state index in [1.807, 2.05) is 38.2 Å². The minimum atomic E-state index is -0.475. The molecule has 0 spiro atoms. The first kappa shape index (κ1) is 34.6. The van der Waals surface area contributed by atoms with E-state index in [9.17, 15) is 14.4 Å². The van der Waals surface area contributed by atoms with Gasteiger partial charge in [-0.25, -0.2) is 4.79 Å². The third-order valence-corrected chi connectivity index (χ3v) is 7.51. The molecule has 0 fully saturated rings. The molecular formula is C33H37BrClN3O6. The normalized spacial score (nSPS) is 10.7. The van der Waals surface area contributed by atoms with Crippen molar-refractivity contribution in [3.8, 4) is 5.75 Å². The first-order valence-corrected chi connectivity index (χ1v) is 15.2. The molecule has 0 bridgehead atoms. The number of rotatable bonds is 10. The van der Waals surface area contributed by atoms with Crippen LogP contribution >= 0.6 is 27.5 Å². The first-order valence-electron chi connectivity index (χ1n) is 14.0. The van der Waals surface area contributed by atoms with E-state index in [0.717, 1.165) is 40.9 Å². The number of aryl methyl sites for hydroxylation is 1. The molecule has 1 aromatic heterocycles. The van der Waals surface area contributed by atoms with Crippen LogP contribution in [0.2, 0.25) is 5.02 Å². The minimum absolute atomic E-state index is 0.0193. The fraction of sp³-hybridized carbons (Fsp3) is 0.303. The molecule has 0 saturated heterocycles. The highest BCUT2D eigenvalue weighted by Crippen LogP contribution is 2.27. The number of aromatic nitrogens is 1. The molecule has 0 aliphatic rings. The highest BCUT2D eigenvalue weighted by Gasteiger charge is 2.16. The molecule has 0 radical (unpaired) electrons. The smallest absolute Gasteiger partial charge is 0.338 e. The lowest BCUT2D eigenvalue weighted by molar-refractivity contribution is -0.142. The molecule has 0 saturated carbocycles. The van der Waals surface area contributed by atoms with Gasteiger partial charge in [0, 0.05) is 39.6 Å². The largest absolute Gasteiger partial charge is 0.497 e. The number of nitrogens with zero attached hydrogens (tertiary/aromatic N) is 2. The summed E-state index contributed by atoms with van der Waals surface area (Å²) in [5.41, 5.74) is 10.3. The molecule has 234 valence electrons. The number of nitrogens with two attached hydrogens (primary N) is 1. The minimum Gasteiger partial charge on any atom is -0.497 e. The van der Waals surface area contributed by atoms with Crippen molar-refractivity contribution in [2.75, 3.05) is 39.6 Å². The zero-order valence-electron chi connectivity index (χ0n) is 25.5. The summed E-state index contributed by atoms with van der Waals surface area (Å²) < 4.78 is 17.4. The van der Waals surface area contributed by atoms with Crippen LogP contribution in [-0.2, 0) is 20.8 Å². The van der Waals surface area contributed by atoms with Crippen LogP contribution in [0.4, 0.5) is 5.69 Å². The summed E-state index contributed by atoms with van der Waals surface area (Å²) in [6.45, 7) is 6.97. The van der Waals surface area contributed by atoms with Gasteiger partial charge in [-0.15, -0.1) is 0 Å². The van der Waals surface area contributed by atoms with Crippen molar-refractivity contribution in [3.63, 3.8) is 0 Å². The summed E-state index contributed by atoms with van der Waals surface area (Å²) in [6, 6.07) is 17.9. The number of hydrogen-bond donors (Lipinski definition) is 1. The van der Waals surface area contributed by atoms with Gasteiger partial charge < -0.3 is 24.8 Å². The summed E-state index contributed by atoms with van der Waals surface area (Å²) in [6.07, 6.45) is 1.04. The maximum atomic E-state index is 12.7. The molecule has 4 aromatic rings. The number of methoxy groups -OCH3 is 1. The van der Waals surface area contributed by atoms with Crippen LogP contribution in [0.3, 0.4) is 0 Å². The second-order valence-electron chi connectivity index (χ2n) is 10.1. The molecule has 9 nitrogen and oxygen atoms in total. The third kappa shape index (κ3) is 9.32. The number of anilines is 1. The van der Waals surface area contributed by atoms with E-state index in [-0.39, 0.29) is 19.1 Å². The van der Waals surface area contributed by atoms with E-state index in [0.29, 0.717) is 32.9 Å². The lowest BCUT2D eigenvalue weighted by atomic mass is 10.1. The van der Waals surface area contributed by atoms with Crippen LogP contribution in [-0.4, -0.2) is 61.2 Å². The summed E-state index contributed by atoms with van der Waals surface area (Å²) >= 11 is 9.24. The molecule has 1 heterocycles. The maximum absolute atomic E-state index is 12.7. The van der Waals surface area contributed by atoms with Crippen LogP contribution in [0.1, 0.15) is 52.2 Å². The predicted octanol–water partition coefficient (Wildman–Crippen LogP) is 6.89. The van der Waals surface area contributed by atoms with Crippen LogP contribution in [0.15, 0.2) is 65.1 Å². The van der Waals surface area contributed by atoms with E-state index in [1.54, 1.807) is 48.1 Å². The summed E-state index contributed by atoms with van der Waals surface area (Å²) in [5, 5.41) is 1.60. The molecule has 44 heavy (non-hydrogen) atoms. The molecule has 2 N–H and O–H groups in total. The number of ether oxygens (including phenoxy) is 3. The monoisotopic (exact) mass is 685 g/mol. The Labute approximate surface area is 270 Å². The van der Waals surface area contributed by atoms with Crippen molar-refractivity contribution in [2.24, 2.45) is 0 Å². The Balaban J connectivity index is 0.000000241. The number of carbonyl (C=O) groups excluding carboxylic acids is 3. The molecule has 4 rings (SSSR count). The van der Waals surface area contributed by atoms with E-state index in [1.165, 1.54) is 6.92 Å². The lowest BCUT2D eigenvalue weighted by Crippen LogP contribution is -2.20. The molecule has 0 aliphatic carbocycles. The van der Waals surface area contributed by atoms with Crippen molar-refractivity contribution >= 4 is 62.0 Å². The summed E-state index contributed by atoms with van der Waals surface area (Å²) in [7, 11) is 3.63. The Bertz CT molecular complexity index is 1620. The SMILES string of the molecule is CCCN(C)Cc1cc(C(=O)OCCOC(C)=O)cc(Br)c1N.COc1ccc2c(c1)cc(C)n2C(=O)c1ccc(Cl)cc1. The summed E-state index contributed by atoms with van der Waals surface area (Å²) in [4.78, 5) is 37.6. The number of benzene rings is 3. The van der Waals surface area contributed by atoms with Gasteiger partial charge in [0.15, 0.2) is 0 Å². The van der Waals surface area contributed by atoms with Gasteiger partial charge in [0.25, 0.3) is 5.91 Å². The van der Waals surface area contributed by atoms with Crippen LogP contribution in [0.5, 0.6) is 5.75 Å². The van der Waals surface area contributed by atoms with Crippen molar-refractivity contribution < 1.29 is 28.6 Å². The molecule has 0 aliphatic heterocycles. The predicted molar refractivity (Wildman–Crippen MR) is 177 cm³/mol. The Morgan fingerprint density at radius 3 is 2.30 bits per heavy atom. The van der Waals surface area contributed by atoms with Gasteiger partial charge >= 0.3 is 11.9 Å². The standard InChI is InChI=1S/C17H14ClNO2.C16H23BrN2O4/c1-11-9-13-10-15(21-2)7-8-16(13)19(11)17(20)12-3-5-14(18)6-4-12;1-4-5-19(3)10-13-8-12(9-14(17)15(13)18)16(21)23-7-6-22-11(2)20/h3-10H,1-2H3;8-9H,4-7,10,18H2,1-3H3. The van der Waals surface area contributed by atoms with E-state index >= 15 is 0 Å². The van der Waals surface area contributed by atoms with Crippen LogP contribution < -0.4 is 10.5 Å². The highest BCUT2D eigenvalue weighted by molar-refractivity contribution is 9.10. The topological polar surface area (TPSA) is 113 Å². The Kier molecular flexibility index (Phi) is 12.8. The number of carbonyl (C=O) groups is 3. The molecule has 3 aromatic carbocycles. The van der Waals surface area contributed by atoms with Crippen molar-refractivity contribution in [3.05, 3.63) is 92.5 Å². The maximum Gasteiger partial charge on any atom is 0.338 e. The fourth-order valence-corrected chi connectivity index (χ4v) is 5.15. The molecule has 0 amide bonds. The van der Waals surface area contributed by atoms with E-state index in [2.05, 4.69) is 27.8 Å². The second kappa shape index (κ2) is 16.3. The van der Waals surface area contributed by atoms with Crippen molar-refractivity contribution in [1.82, 2.24) is 9.47 Å². The van der Waals surface area contributed by atoms with Gasteiger partial charge in [0.05, 0.1) is 23.9 Å². The van der Waals surface area contributed by atoms with Gasteiger partial charge in [0.2, 0.25) is 0 Å². The third-order valence-electron chi connectivity index (χ3n) is 6.61. The Hall–Kier alpha value is -3.86. The van der Waals surface area contributed by atoms with Gasteiger partial charge in [-0.05, 0) is 109 Å². The van der Waals surface area contributed by atoms with Crippen LogP contribution in [0.25, 0.3) is 10.9 Å². The first-order chi connectivity index (χ1) is 20.9. The molecular weight excluding hydrogens is 650 g/mol. The summed E-state index contributed by atoms with van der Waals surface area (Å²) in [5.74, 6) is -0.169. The zero-order valence-corrected chi connectivity index (χ0v) is 27.8. The number of esters is 2. The highest BCUT2D eigenvalue weighted by atomic mass is 79.9. The van der Waals surface area contributed by atoms with Gasteiger partial charge in [0.1, 0.15) is 19.0 Å². The number of fused-ring (bicyclic) bond motifs is 1. The quantitative estimate of drug-likeness (QED) is 0.109. The van der Waals surface area contributed by atoms with Gasteiger partial charge in [-0.1, -0.05) is 18.5 Å². The zero-order chi connectivity index (χ0) is 32.4. The lowest BCUT2D eigenvalue weighted by Gasteiger charge is -2.18. The van der Waals surface area contributed by atoms with Crippen molar-refractivity contribution in [1.29, 1.82) is 0 Å². The Morgan fingerprint density at radius 1 is 0.977 bits per heavy atom. The number of halogens is 2. The average molecular weight is 687 g/mol. The van der Waals surface area contributed by atoms with Gasteiger partial charge in [-0.2, -0.15) is 0 Å². The van der Waals surface area contributed by atoms with E-state index in [4.69, 9.17) is 31.5 Å². The fourth-order valence-electron chi connectivity index (χ4n) is 4.53. The second-order valence-corrected chi connectivity index (χ2v) is 11.4. The Morgan fingerprint density at radius 2 is 1.66 bits per heavy atom. The average Bonchev–Trinajstić information content (AvgIpc) is 3.32. The van der Waals surface area contributed by atoms with Crippen molar-refractivity contribution in [2.45, 2.75) is 33.7 Å². The van der Waals surface area contributed by atoms with Gasteiger partial charge in [-0.3, -0.25) is 14.2 Å². The molecule has 0 atom stereocenters. The molecule has 0 unspecified atom stereocenters.